The van der Waals surface area contributed by atoms with E-state index >= 15 is 0 Å². The van der Waals surface area contributed by atoms with Crippen LogP contribution in [0.5, 0.6) is 0 Å². The Morgan fingerprint density at radius 3 is 2.23 bits per heavy atom. The Hall–Kier alpha value is -4.51. The van der Waals surface area contributed by atoms with Crippen LogP contribution in [0.15, 0.2) is 77.4 Å². The summed E-state index contributed by atoms with van der Waals surface area (Å²) in [6.45, 7) is 7.21. The van der Waals surface area contributed by atoms with Crippen molar-refractivity contribution in [1.82, 2.24) is 14.5 Å². The summed E-state index contributed by atoms with van der Waals surface area (Å²) >= 11 is 0. The zero-order chi connectivity index (χ0) is 29.0. The first kappa shape index (κ1) is 28.5. The number of hydrogen-bond donors (Lipinski definition) is 1. The summed E-state index contributed by atoms with van der Waals surface area (Å²) in [5.41, 5.74) is 3.10. The number of aliphatic hydroxyl groups excluding tert-OH is 1. The summed E-state index contributed by atoms with van der Waals surface area (Å²) in [4.78, 5) is 43.9. The Morgan fingerprint density at radius 2 is 1.62 bits per heavy atom. The van der Waals surface area contributed by atoms with Crippen molar-refractivity contribution in [3.63, 3.8) is 0 Å². The number of allylic oxidation sites excluding steroid dienone is 2. The van der Waals surface area contributed by atoms with Crippen LogP contribution in [0.1, 0.15) is 39.2 Å². The molecule has 3 aromatic rings. The highest BCUT2D eigenvalue weighted by Crippen LogP contribution is 2.43. The first-order valence-corrected chi connectivity index (χ1v) is 13.0. The van der Waals surface area contributed by atoms with Crippen LogP contribution < -0.4 is 0 Å². The minimum Gasteiger partial charge on any atom is -0.463 e. The van der Waals surface area contributed by atoms with Gasteiger partial charge >= 0.3 is 11.9 Å². The lowest BCUT2D eigenvalue weighted by atomic mass is 9.79. The predicted octanol–water partition coefficient (Wildman–Crippen LogP) is 4.08. The van der Waals surface area contributed by atoms with Crippen molar-refractivity contribution in [3.8, 4) is 0 Å². The monoisotopic (exact) mass is 548 g/mol. The number of esters is 2. The molecule has 11 heteroatoms. The highest BCUT2D eigenvalue weighted by atomic mass is 16.6. The second-order valence-corrected chi connectivity index (χ2v) is 9.37. The molecule has 210 valence electrons. The van der Waals surface area contributed by atoms with Crippen molar-refractivity contribution in [2.75, 3.05) is 19.8 Å². The van der Waals surface area contributed by atoms with E-state index in [2.05, 4.69) is 4.98 Å². The number of nitrogens with zero attached hydrogens (tertiary/aromatic N) is 4. The molecule has 0 saturated carbocycles. The average Bonchev–Trinajstić information content (AvgIpc) is 3.33. The molecule has 1 aliphatic heterocycles. The van der Waals surface area contributed by atoms with Crippen molar-refractivity contribution >= 4 is 28.7 Å². The van der Waals surface area contributed by atoms with Crippen molar-refractivity contribution in [3.05, 3.63) is 93.1 Å². The second-order valence-electron chi connectivity index (χ2n) is 9.37. The third kappa shape index (κ3) is 5.59. The quantitative estimate of drug-likeness (QED) is 0.226. The van der Waals surface area contributed by atoms with Crippen LogP contribution in [-0.2, 0) is 25.6 Å². The maximum atomic E-state index is 13.4. The van der Waals surface area contributed by atoms with Gasteiger partial charge in [0.15, 0.2) is 0 Å². The molecule has 0 bridgehead atoms. The molecule has 0 radical (unpaired) electrons. The Bertz CT molecular complexity index is 1460. The van der Waals surface area contributed by atoms with Gasteiger partial charge in [0.1, 0.15) is 0 Å². The number of hydrogen-bond acceptors (Lipinski definition) is 9. The van der Waals surface area contributed by atoms with Crippen molar-refractivity contribution in [2.45, 2.75) is 46.3 Å². The number of imidazole rings is 1. The Balaban J connectivity index is 1.80. The Morgan fingerprint density at radius 1 is 1.00 bits per heavy atom. The first-order chi connectivity index (χ1) is 19.2. The molecule has 0 fully saturated rings. The number of nitro groups is 1. The number of nitro benzene ring substituents is 1. The van der Waals surface area contributed by atoms with Gasteiger partial charge in [-0.3, -0.25) is 10.1 Å². The van der Waals surface area contributed by atoms with Gasteiger partial charge in [0.05, 0.1) is 71.8 Å². The van der Waals surface area contributed by atoms with E-state index in [0.717, 1.165) is 11.0 Å². The lowest BCUT2D eigenvalue weighted by Crippen LogP contribution is -2.39. The van der Waals surface area contributed by atoms with Crippen LogP contribution >= 0.6 is 0 Å². The molecular weight excluding hydrogens is 516 g/mol. The number of ether oxygens (including phenoxy) is 2. The molecule has 0 saturated heterocycles. The summed E-state index contributed by atoms with van der Waals surface area (Å²) < 4.78 is 12.6. The van der Waals surface area contributed by atoms with E-state index in [1.165, 1.54) is 18.2 Å². The molecule has 2 aromatic carbocycles. The molecule has 1 N–H and O–H groups in total. The summed E-state index contributed by atoms with van der Waals surface area (Å²) in [6.07, 6.45) is 0.741. The number of carbonyl (C=O) groups is 2. The van der Waals surface area contributed by atoms with Crippen LogP contribution in [0.2, 0.25) is 0 Å². The molecule has 1 aliphatic rings. The lowest BCUT2D eigenvalue weighted by Gasteiger charge is -2.38. The van der Waals surface area contributed by atoms with E-state index in [4.69, 9.17) is 9.47 Å². The Labute approximate surface area is 231 Å². The van der Waals surface area contributed by atoms with Crippen molar-refractivity contribution in [1.29, 1.82) is 0 Å². The van der Waals surface area contributed by atoms with Crippen molar-refractivity contribution in [2.24, 2.45) is 0 Å². The number of aliphatic hydroxyl groups is 1. The van der Waals surface area contributed by atoms with Gasteiger partial charge in [0, 0.05) is 23.5 Å². The van der Waals surface area contributed by atoms with Gasteiger partial charge < -0.3 is 24.0 Å². The minimum absolute atomic E-state index is 0.0532. The zero-order valence-electron chi connectivity index (χ0n) is 22.9. The number of rotatable bonds is 10. The van der Waals surface area contributed by atoms with Crippen LogP contribution in [0.4, 0.5) is 5.69 Å². The molecule has 4 rings (SSSR count). The smallest absolute Gasteiger partial charge is 0.336 e. The molecular formula is C29H32N4O7. The van der Waals surface area contributed by atoms with E-state index < -0.39 is 28.9 Å². The summed E-state index contributed by atoms with van der Waals surface area (Å²) in [5.74, 6) is -2.29. The van der Waals surface area contributed by atoms with E-state index in [1.807, 2.05) is 28.8 Å². The number of benzene rings is 2. The standard InChI is InChI=1S/C29H32N4O7/c1-5-39-28(35)25-18(3)32(16-22(34)15-31-17-30-23-12-7-8-13-24(23)31)19(4)26(29(36)40-6-2)27(25)20-10-9-11-21(14-20)33(37)38/h7-14,17,22,27,34H,5-6,15-16H2,1-4H3. The zero-order valence-corrected chi connectivity index (χ0v) is 22.9. The van der Waals surface area contributed by atoms with Gasteiger partial charge in [-0.15, -0.1) is 0 Å². The van der Waals surface area contributed by atoms with Gasteiger partial charge in [-0.1, -0.05) is 24.3 Å². The van der Waals surface area contributed by atoms with E-state index in [9.17, 15) is 24.8 Å². The van der Waals surface area contributed by atoms with Gasteiger partial charge in [-0.2, -0.15) is 0 Å². The maximum absolute atomic E-state index is 13.4. The van der Waals surface area contributed by atoms with Gasteiger partial charge in [0.2, 0.25) is 0 Å². The first-order valence-electron chi connectivity index (χ1n) is 13.0. The van der Waals surface area contributed by atoms with Crippen LogP contribution in [0.25, 0.3) is 11.0 Å². The fourth-order valence-electron chi connectivity index (χ4n) is 5.13. The number of para-hydroxylation sites is 2. The third-order valence-corrected chi connectivity index (χ3v) is 6.90. The highest BCUT2D eigenvalue weighted by Gasteiger charge is 2.41. The largest absolute Gasteiger partial charge is 0.463 e. The van der Waals surface area contributed by atoms with E-state index in [0.29, 0.717) is 17.0 Å². The van der Waals surface area contributed by atoms with E-state index in [-0.39, 0.29) is 43.1 Å². The summed E-state index contributed by atoms with van der Waals surface area (Å²) in [6, 6.07) is 13.4. The molecule has 0 aliphatic carbocycles. The highest BCUT2D eigenvalue weighted by molar-refractivity contribution is 6.00. The minimum atomic E-state index is -0.969. The molecule has 1 atom stereocenters. The van der Waals surface area contributed by atoms with E-state index in [1.54, 1.807) is 45.0 Å². The number of carbonyl (C=O) groups excluding carboxylic acids is 2. The number of aromatic nitrogens is 2. The van der Waals surface area contributed by atoms with Crippen molar-refractivity contribution < 1.29 is 29.1 Å². The summed E-state index contributed by atoms with van der Waals surface area (Å²) in [7, 11) is 0. The van der Waals surface area contributed by atoms with Crippen LogP contribution in [-0.4, -0.2) is 62.3 Å². The number of fused-ring (bicyclic) bond motifs is 1. The molecule has 0 amide bonds. The molecule has 2 heterocycles. The predicted molar refractivity (Wildman–Crippen MR) is 147 cm³/mol. The second kappa shape index (κ2) is 12.1. The average molecular weight is 549 g/mol. The van der Waals surface area contributed by atoms with Gasteiger partial charge in [-0.05, 0) is 45.4 Å². The molecule has 1 aromatic heterocycles. The molecule has 11 nitrogen and oxygen atoms in total. The van der Waals surface area contributed by atoms with Crippen LogP contribution in [0.3, 0.4) is 0 Å². The third-order valence-electron chi connectivity index (χ3n) is 6.90. The van der Waals surface area contributed by atoms with Gasteiger partial charge in [0.25, 0.3) is 5.69 Å². The molecule has 0 spiro atoms. The fourth-order valence-corrected chi connectivity index (χ4v) is 5.13. The number of non-ortho nitro benzene ring substituents is 1. The fraction of sp³-hybridized carbons (Fsp3) is 0.345. The molecule has 40 heavy (non-hydrogen) atoms. The normalized spacial score (nSPS) is 15.0. The number of β-amino-alcohol motifs (C(OH)–C–C–N with tert-alkyl or cyclic N) is 1. The van der Waals surface area contributed by atoms with Crippen LogP contribution in [0, 0.1) is 10.1 Å². The lowest BCUT2D eigenvalue weighted by molar-refractivity contribution is -0.384. The maximum Gasteiger partial charge on any atom is 0.336 e. The SMILES string of the molecule is CCOC(=O)C1=C(C)N(CC(O)Cn2cnc3ccccc32)C(C)=C(C(=O)OCC)C1c1cccc([N+](=O)[O-])c1. The summed E-state index contributed by atoms with van der Waals surface area (Å²) in [5, 5.41) is 22.7. The topological polar surface area (TPSA) is 137 Å². The molecule has 1 unspecified atom stereocenters. The van der Waals surface area contributed by atoms with Gasteiger partial charge in [-0.25, -0.2) is 14.6 Å². The Kier molecular flexibility index (Phi) is 8.64.